The van der Waals surface area contributed by atoms with E-state index < -0.39 is 10.0 Å². The zero-order valence-corrected chi connectivity index (χ0v) is 14.1. The first kappa shape index (κ1) is 16.4. The standard InChI is InChI=1S/C15H22N2O2S2/c1-11-5-4-8-17(12(11)2)21(18,19)10-13-6-3-7-14(9-13)15(16)20/h3,6-7,9,11-12H,4-5,8,10H2,1-2H3,(H2,16,20). The Kier molecular flexibility index (Phi) is 5.01. The molecule has 1 aromatic carbocycles. The van der Waals surface area contributed by atoms with Gasteiger partial charge in [0.2, 0.25) is 10.0 Å². The number of hydrogen-bond donors (Lipinski definition) is 1. The second kappa shape index (κ2) is 6.42. The highest BCUT2D eigenvalue weighted by Crippen LogP contribution is 2.27. The number of thiocarbonyl (C=S) groups is 1. The first-order chi connectivity index (χ1) is 9.81. The summed E-state index contributed by atoms with van der Waals surface area (Å²) in [6.45, 7) is 4.72. The molecule has 2 N–H and O–H groups in total. The van der Waals surface area contributed by atoms with E-state index in [0.29, 0.717) is 18.0 Å². The SMILES string of the molecule is CC1CCCN(S(=O)(=O)Cc2cccc(C(N)=S)c2)C1C. The summed E-state index contributed by atoms with van der Waals surface area (Å²) in [5.74, 6) is 0.400. The summed E-state index contributed by atoms with van der Waals surface area (Å²) in [7, 11) is -3.31. The van der Waals surface area contributed by atoms with Crippen LogP contribution in [0, 0.1) is 5.92 Å². The lowest BCUT2D eigenvalue weighted by Crippen LogP contribution is -2.46. The fourth-order valence-electron chi connectivity index (χ4n) is 2.80. The minimum Gasteiger partial charge on any atom is -0.389 e. The van der Waals surface area contributed by atoms with E-state index in [0.717, 1.165) is 18.4 Å². The average Bonchev–Trinajstić information content (AvgIpc) is 2.41. The first-order valence-electron chi connectivity index (χ1n) is 7.19. The van der Waals surface area contributed by atoms with Gasteiger partial charge in [-0.2, -0.15) is 4.31 Å². The highest BCUT2D eigenvalue weighted by Gasteiger charge is 2.33. The highest BCUT2D eigenvalue weighted by molar-refractivity contribution is 7.88. The number of benzene rings is 1. The van der Waals surface area contributed by atoms with Crippen LogP contribution in [0.25, 0.3) is 0 Å². The maximum absolute atomic E-state index is 12.7. The summed E-state index contributed by atoms with van der Waals surface area (Å²) >= 11 is 4.94. The third-order valence-electron chi connectivity index (χ3n) is 4.23. The van der Waals surface area contributed by atoms with E-state index in [9.17, 15) is 8.42 Å². The maximum atomic E-state index is 12.7. The summed E-state index contributed by atoms with van der Waals surface area (Å²) < 4.78 is 27.0. The van der Waals surface area contributed by atoms with Crippen LogP contribution >= 0.6 is 12.2 Å². The maximum Gasteiger partial charge on any atom is 0.218 e. The van der Waals surface area contributed by atoms with Crippen LogP contribution < -0.4 is 5.73 Å². The van der Waals surface area contributed by atoms with E-state index in [4.69, 9.17) is 18.0 Å². The molecule has 21 heavy (non-hydrogen) atoms. The summed E-state index contributed by atoms with van der Waals surface area (Å²) in [4.78, 5) is 0.286. The fraction of sp³-hybridized carbons (Fsp3) is 0.533. The van der Waals surface area contributed by atoms with E-state index in [-0.39, 0.29) is 16.8 Å². The molecule has 116 valence electrons. The van der Waals surface area contributed by atoms with Crippen molar-refractivity contribution in [2.45, 2.75) is 38.5 Å². The lowest BCUT2D eigenvalue weighted by atomic mass is 9.94. The lowest BCUT2D eigenvalue weighted by molar-refractivity contribution is 0.202. The smallest absolute Gasteiger partial charge is 0.218 e. The normalized spacial score (nSPS) is 23.9. The summed E-state index contributed by atoms with van der Waals surface area (Å²) in [6.07, 6.45) is 2.02. The molecule has 1 aliphatic rings. The predicted octanol–water partition coefficient (Wildman–Crippen LogP) is 2.27. The zero-order chi connectivity index (χ0) is 15.6. The van der Waals surface area contributed by atoms with Crippen LogP contribution in [0.15, 0.2) is 24.3 Å². The number of sulfonamides is 1. The van der Waals surface area contributed by atoms with Crippen LogP contribution in [-0.4, -0.2) is 30.3 Å². The van der Waals surface area contributed by atoms with Gasteiger partial charge in [0.25, 0.3) is 0 Å². The van der Waals surface area contributed by atoms with Crippen LogP contribution in [0.2, 0.25) is 0 Å². The van der Waals surface area contributed by atoms with Crippen LogP contribution in [0.3, 0.4) is 0 Å². The van der Waals surface area contributed by atoms with Crippen molar-refractivity contribution in [2.75, 3.05) is 6.54 Å². The first-order valence-corrected chi connectivity index (χ1v) is 9.21. The third-order valence-corrected chi connectivity index (χ3v) is 6.40. The van der Waals surface area contributed by atoms with Gasteiger partial charge in [0, 0.05) is 18.2 Å². The second-order valence-electron chi connectivity index (χ2n) is 5.79. The van der Waals surface area contributed by atoms with Crippen LogP contribution in [-0.2, 0) is 15.8 Å². The van der Waals surface area contributed by atoms with Gasteiger partial charge in [-0.3, -0.25) is 0 Å². The molecule has 1 fully saturated rings. The molecule has 0 aliphatic carbocycles. The molecule has 2 rings (SSSR count). The van der Waals surface area contributed by atoms with Crippen molar-refractivity contribution < 1.29 is 8.42 Å². The van der Waals surface area contributed by atoms with Gasteiger partial charge in [0.1, 0.15) is 4.99 Å². The third kappa shape index (κ3) is 3.81. The highest BCUT2D eigenvalue weighted by atomic mass is 32.2. The second-order valence-corrected chi connectivity index (χ2v) is 8.15. The van der Waals surface area contributed by atoms with Crippen molar-refractivity contribution in [3.63, 3.8) is 0 Å². The minimum absolute atomic E-state index is 0.000509. The Morgan fingerprint density at radius 3 is 2.81 bits per heavy atom. The van der Waals surface area contributed by atoms with Crippen LogP contribution in [0.4, 0.5) is 0 Å². The fourth-order valence-corrected chi connectivity index (χ4v) is 4.81. The quantitative estimate of drug-likeness (QED) is 0.862. The number of nitrogens with two attached hydrogens (primary N) is 1. The molecule has 4 nitrogen and oxygen atoms in total. The molecular weight excluding hydrogens is 304 g/mol. The summed E-state index contributed by atoms with van der Waals surface area (Å²) in [5, 5.41) is 0. The molecule has 0 saturated carbocycles. The Hall–Kier alpha value is -0.980. The molecule has 1 aromatic rings. The van der Waals surface area contributed by atoms with Crippen molar-refractivity contribution in [2.24, 2.45) is 11.7 Å². The molecule has 0 bridgehead atoms. The van der Waals surface area contributed by atoms with Crippen molar-refractivity contribution in [1.29, 1.82) is 0 Å². The largest absolute Gasteiger partial charge is 0.389 e. The molecule has 6 heteroatoms. The molecule has 0 spiro atoms. The zero-order valence-electron chi connectivity index (χ0n) is 12.5. The van der Waals surface area contributed by atoms with Crippen molar-refractivity contribution in [1.82, 2.24) is 4.31 Å². The monoisotopic (exact) mass is 326 g/mol. The van der Waals surface area contributed by atoms with Gasteiger partial charge in [-0.1, -0.05) is 37.3 Å². The molecule has 1 heterocycles. The molecule has 0 radical (unpaired) electrons. The van der Waals surface area contributed by atoms with Crippen molar-refractivity contribution in [3.8, 4) is 0 Å². The number of nitrogens with zero attached hydrogens (tertiary/aromatic N) is 1. The lowest BCUT2D eigenvalue weighted by Gasteiger charge is -2.36. The Morgan fingerprint density at radius 2 is 2.14 bits per heavy atom. The van der Waals surface area contributed by atoms with Gasteiger partial charge in [0.15, 0.2) is 0 Å². The topological polar surface area (TPSA) is 63.4 Å². The van der Waals surface area contributed by atoms with E-state index in [1.54, 1.807) is 28.6 Å². The molecule has 2 atom stereocenters. The molecule has 2 unspecified atom stereocenters. The number of hydrogen-bond acceptors (Lipinski definition) is 3. The predicted molar refractivity (Wildman–Crippen MR) is 89.5 cm³/mol. The van der Waals surface area contributed by atoms with Gasteiger partial charge in [-0.15, -0.1) is 0 Å². The van der Waals surface area contributed by atoms with E-state index in [1.165, 1.54) is 0 Å². The van der Waals surface area contributed by atoms with Crippen LogP contribution in [0.5, 0.6) is 0 Å². The molecule has 0 amide bonds. The Bertz CT molecular complexity index is 628. The van der Waals surface area contributed by atoms with Gasteiger partial charge in [-0.05, 0) is 37.3 Å². The van der Waals surface area contributed by atoms with Gasteiger partial charge in [-0.25, -0.2) is 8.42 Å². The molecular formula is C15H22N2O2S2. The van der Waals surface area contributed by atoms with E-state index >= 15 is 0 Å². The molecule has 0 aromatic heterocycles. The number of piperidine rings is 1. The minimum atomic E-state index is -3.31. The van der Waals surface area contributed by atoms with Gasteiger partial charge >= 0.3 is 0 Å². The van der Waals surface area contributed by atoms with Crippen molar-refractivity contribution in [3.05, 3.63) is 35.4 Å². The molecule has 1 aliphatic heterocycles. The van der Waals surface area contributed by atoms with Crippen LogP contribution in [0.1, 0.15) is 37.8 Å². The summed E-state index contributed by atoms with van der Waals surface area (Å²) in [5.41, 5.74) is 7.03. The number of rotatable bonds is 4. The van der Waals surface area contributed by atoms with E-state index in [2.05, 4.69) is 6.92 Å². The molecule has 1 saturated heterocycles. The average molecular weight is 326 g/mol. The summed E-state index contributed by atoms with van der Waals surface area (Å²) in [6, 6.07) is 7.21. The van der Waals surface area contributed by atoms with Gasteiger partial charge in [0.05, 0.1) is 5.75 Å². The van der Waals surface area contributed by atoms with Crippen molar-refractivity contribution >= 4 is 27.2 Å². The van der Waals surface area contributed by atoms with Gasteiger partial charge < -0.3 is 5.73 Å². The van der Waals surface area contributed by atoms with E-state index in [1.807, 2.05) is 6.92 Å². The Balaban J connectivity index is 2.21. The Labute approximate surface area is 132 Å². The Morgan fingerprint density at radius 1 is 1.43 bits per heavy atom.